The average Bonchev–Trinajstić information content (AvgIpc) is 2.81. The Hall–Kier alpha value is -1.20. The van der Waals surface area contributed by atoms with E-state index in [1.807, 2.05) is 0 Å². The highest BCUT2D eigenvalue weighted by molar-refractivity contribution is 5.47. The van der Waals surface area contributed by atoms with Gasteiger partial charge in [-0.25, -0.2) is 9.97 Å². The molecule has 15 heavy (non-hydrogen) atoms. The number of hydrogen-bond donors (Lipinski definition) is 2. The van der Waals surface area contributed by atoms with Crippen LogP contribution < -0.4 is 10.6 Å². The predicted octanol–water partition coefficient (Wildman–Crippen LogP) is 0.0689. The Balaban J connectivity index is 2.28. The summed E-state index contributed by atoms with van der Waals surface area (Å²) in [7, 11) is 0. The lowest BCUT2D eigenvalue weighted by atomic mass is 10.1. The molecule has 3 N–H and O–H groups in total. The number of rotatable bonds is 3. The summed E-state index contributed by atoms with van der Waals surface area (Å²) in [5.74, 6) is 0.879. The number of nitrogens with zero attached hydrogens (tertiary/aromatic N) is 3. The van der Waals surface area contributed by atoms with Gasteiger partial charge in [0.25, 0.3) is 0 Å². The number of aliphatic hydroxyl groups is 1. The van der Waals surface area contributed by atoms with Crippen LogP contribution in [0.25, 0.3) is 0 Å². The zero-order valence-electron chi connectivity index (χ0n) is 8.63. The van der Waals surface area contributed by atoms with E-state index in [1.165, 1.54) is 19.2 Å². The van der Waals surface area contributed by atoms with E-state index in [4.69, 9.17) is 10.8 Å². The molecule has 5 nitrogen and oxygen atoms in total. The van der Waals surface area contributed by atoms with Gasteiger partial charge in [0.1, 0.15) is 12.1 Å². The van der Waals surface area contributed by atoms with Crippen LogP contribution in [0.1, 0.15) is 24.4 Å². The molecule has 1 aromatic rings. The maximum absolute atomic E-state index is 9.06. The van der Waals surface area contributed by atoms with Gasteiger partial charge in [-0.3, -0.25) is 0 Å². The third-order valence-electron chi connectivity index (χ3n) is 2.72. The molecule has 2 heterocycles. The van der Waals surface area contributed by atoms with Gasteiger partial charge in [-0.1, -0.05) is 0 Å². The third kappa shape index (κ3) is 2.08. The van der Waals surface area contributed by atoms with Crippen molar-refractivity contribution in [3.8, 4) is 0 Å². The molecule has 0 spiro atoms. The molecule has 1 atom stereocenters. The summed E-state index contributed by atoms with van der Waals surface area (Å²) in [5.41, 5.74) is 6.64. The van der Waals surface area contributed by atoms with Crippen molar-refractivity contribution in [3.63, 3.8) is 0 Å². The van der Waals surface area contributed by atoms with E-state index in [2.05, 4.69) is 14.9 Å². The second kappa shape index (κ2) is 4.55. The standard InChI is InChI=1S/C10H16N4O/c11-9(6-15)8-5-12-7-13-10(8)14-3-1-2-4-14/h5,7,9,15H,1-4,6,11H2. The van der Waals surface area contributed by atoms with Crippen molar-refractivity contribution < 1.29 is 5.11 Å². The molecule has 0 amide bonds. The Bertz CT molecular complexity index is 325. The summed E-state index contributed by atoms with van der Waals surface area (Å²) in [6.07, 6.45) is 5.61. The monoisotopic (exact) mass is 208 g/mol. The lowest BCUT2D eigenvalue weighted by Crippen LogP contribution is -2.25. The van der Waals surface area contributed by atoms with E-state index < -0.39 is 0 Å². The minimum Gasteiger partial charge on any atom is -0.394 e. The molecule has 1 fully saturated rings. The molecule has 0 aliphatic carbocycles. The van der Waals surface area contributed by atoms with Crippen LogP contribution in [0.3, 0.4) is 0 Å². The number of hydrogen-bond acceptors (Lipinski definition) is 5. The fraction of sp³-hybridized carbons (Fsp3) is 0.600. The van der Waals surface area contributed by atoms with Crippen molar-refractivity contribution in [2.45, 2.75) is 18.9 Å². The van der Waals surface area contributed by atoms with Gasteiger partial charge in [0.2, 0.25) is 0 Å². The summed E-state index contributed by atoms with van der Waals surface area (Å²) in [6.45, 7) is 1.96. The van der Waals surface area contributed by atoms with Crippen LogP contribution >= 0.6 is 0 Å². The van der Waals surface area contributed by atoms with E-state index >= 15 is 0 Å². The predicted molar refractivity (Wildman–Crippen MR) is 57.5 cm³/mol. The van der Waals surface area contributed by atoms with Crippen LogP contribution in [0.4, 0.5) is 5.82 Å². The Labute approximate surface area is 88.9 Å². The van der Waals surface area contributed by atoms with E-state index in [0.717, 1.165) is 24.5 Å². The summed E-state index contributed by atoms with van der Waals surface area (Å²) >= 11 is 0. The SMILES string of the molecule is NC(CO)c1cncnc1N1CCCC1. The highest BCUT2D eigenvalue weighted by Gasteiger charge is 2.19. The van der Waals surface area contributed by atoms with Gasteiger partial charge in [0.15, 0.2) is 0 Å². The van der Waals surface area contributed by atoms with Gasteiger partial charge in [0.05, 0.1) is 12.6 Å². The lowest BCUT2D eigenvalue weighted by Gasteiger charge is -2.21. The number of nitrogens with two attached hydrogens (primary N) is 1. The first-order valence-electron chi connectivity index (χ1n) is 5.24. The first-order valence-corrected chi connectivity index (χ1v) is 5.24. The zero-order chi connectivity index (χ0) is 10.7. The molecule has 1 aliphatic heterocycles. The van der Waals surface area contributed by atoms with E-state index in [1.54, 1.807) is 6.20 Å². The Kier molecular flexibility index (Phi) is 3.13. The summed E-state index contributed by atoms with van der Waals surface area (Å²) < 4.78 is 0. The van der Waals surface area contributed by atoms with Crippen molar-refractivity contribution in [2.75, 3.05) is 24.6 Å². The quantitative estimate of drug-likeness (QED) is 0.735. The zero-order valence-corrected chi connectivity index (χ0v) is 8.63. The van der Waals surface area contributed by atoms with Crippen LogP contribution in [0.15, 0.2) is 12.5 Å². The number of aliphatic hydroxyl groups excluding tert-OH is 1. The van der Waals surface area contributed by atoms with Gasteiger partial charge >= 0.3 is 0 Å². The second-order valence-electron chi connectivity index (χ2n) is 3.78. The molecule has 5 heteroatoms. The molecule has 1 saturated heterocycles. The first-order chi connectivity index (χ1) is 7.33. The summed E-state index contributed by atoms with van der Waals surface area (Å²) in [6, 6.07) is -0.387. The molecule has 82 valence electrons. The molecule has 0 saturated carbocycles. The Morgan fingerprint density at radius 2 is 2.20 bits per heavy atom. The highest BCUT2D eigenvalue weighted by atomic mass is 16.3. The van der Waals surface area contributed by atoms with Crippen molar-refractivity contribution in [3.05, 3.63) is 18.1 Å². The van der Waals surface area contributed by atoms with Gasteiger partial charge in [-0.05, 0) is 12.8 Å². The van der Waals surface area contributed by atoms with E-state index in [0.29, 0.717) is 0 Å². The normalized spacial score (nSPS) is 18.1. The van der Waals surface area contributed by atoms with Crippen molar-refractivity contribution in [1.82, 2.24) is 9.97 Å². The molecular formula is C10H16N4O. The molecule has 0 radical (unpaired) electrons. The van der Waals surface area contributed by atoms with Gasteiger partial charge in [0, 0.05) is 24.8 Å². The Morgan fingerprint density at radius 1 is 1.47 bits per heavy atom. The smallest absolute Gasteiger partial charge is 0.136 e. The van der Waals surface area contributed by atoms with Crippen molar-refractivity contribution in [2.24, 2.45) is 5.73 Å². The Morgan fingerprint density at radius 3 is 2.87 bits per heavy atom. The molecule has 1 aliphatic rings. The minimum absolute atomic E-state index is 0.0752. The average molecular weight is 208 g/mol. The molecule has 1 unspecified atom stereocenters. The van der Waals surface area contributed by atoms with E-state index in [-0.39, 0.29) is 12.6 Å². The largest absolute Gasteiger partial charge is 0.394 e. The minimum atomic E-state index is -0.387. The fourth-order valence-corrected chi connectivity index (χ4v) is 1.89. The van der Waals surface area contributed by atoms with Gasteiger partial charge in [-0.15, -0.1) is 0 Å². The lowest BCUT2D eigenvalue weighted by molar-refractivity contribution is 0.267. The molecule has 1 aromatic heterocycles. The van der Waals surface area contributed by atoms with Gasteiger partial charge < -0.3 is 15.7 Å². The third-order valence-corrected chi connectivity index (χ3v) is 2.72. The van der Waals surface area contributed by atoms with Crippen LogP contribution in [0, 0.1) is 0 Å². The first kappa shape index (κ1) is 10.3. The maximum Gasteiger partial charge on any atom is 0.136 e. The maximum atomic E-state index is 9.06. The van der Waals surface area contributed by atoms with Crippen molar-refractivity contribution in [1.29, 1.82) is 0 Å². The van der Waals surface area contributed by atoms with Crippen LogP contribution in [0.2, 0.25) is 0 Å². The van der Waals surface area contributed by atoms with Crippen molar-refractivity contribution >= 4 is 5.82 Å². The van der Waals surface area contributed by atoms with Gasteiger partial charge in [-0.2, -0.15) is 0 Å². The summed E-state index contributed by atoms with van der Waals surface area (Å²) in [5, 5.41) is 9.06. The van der Waals surface area contributed by atoms with Crippen LogP contribution in [0.5, 0.6) is 0 Å². The molecule has 0 aromatic carbocycles. The van der Waals surface area contributed by atoms with E-state index in [9.17, 15) is 0 Å². The number of anilines is 1. The number of aromatic nitrogens is 2. The van der Waals surface area contributed by atoms with Crippen LogP contribution in [-0.4, -0.2) is 34.8 Å². The molecular weight excluding hydrogens is 192 g/mol. The topological polar surface area (TPSA) is 75.3 Å². The van der Waals surface area contributed by atoms with Crippen LogP contribution in [-0.2, 0) is 0 Å². The highest BCUT2D eigenvalue weighted by Crippen LogP contribution is 2.24. The molecule has 0 bridgehead atoms. The summed E-state index contributed by atoms with van der Waals surface area (Å²) in [4.78, 5) is 10.4. The fourth-order valence-electron chi connectivity index (χ4n) is 1.89. The molecule has 2 rings (SSSR count). The second-order valence-corrected chi connectivity index (χ2v) is 3.78.